The highest BCUT2D eigenvalue weighted by molar-refractivity contribution is 5.76. The second-order valence-electron chi connectivity index (χ2n) is 2.56. The van der Waals surface area contributed by atoms with Crippen molar-refractivity contribution >= 4 is 5.84 Å². The van der Waals surface area contributed by atoms with Gasteiger partial charge in [-0.15, -0.1) is 0 Å². The van der Waals surface area contributed by atoms with Crippen molar-refractivity contribution in [2.75, 3.05) is 28.2 Å². The molecule has 9 heavy (non-hydrogen) atoms. The van der Waals surface area contributed by atoms with Gasteiger partial charge in [0.1, 0.15) is 0 Å². The number of hydrogen-bond donors (Lipinski definition) is 0. The molecule has 0 aliphatic heterocycles. The first-order valence-corrected chi connectivity index (χ1v) is 3.30. The van der Waals surface area contributed by atoms with Crippen molar-refractivity contribution in [3.63, 3.8) is 0 Å². The van der Waals surface area contributed by atoms with E-state index in [4.69, 9.17) is 0 Å². The first kappa shape index (κ1) is 8.47. The van der Waals surface area contributed by atoms with Crippen LogP contribution in [0.25, 0.3) is 0 Å². The lowest BCUT2D eigenvalue weighted by atomic mass is 10.4. The Morgan fingerprint density at radius 3 is 1.78 bits per heavy atom. The van der Waals surface area contributed by atoms with Gasteiger partial charge in [0, 0.05) is 6.42 Å². The van der Waals surface area contributed by atoms with Gasteiger partial charge < -0.3 is 0 Å². The van der Waals surface area contributed by atoms with Gasteiger partial charge in [-0.25, -0.2) is 0 Å². The molecule has 0 bridgehead atoms. The Hall–Kier alpha value is -0.530. The lowest BCUT2D eigenvalue weighted by Crippen LogP contribution is -2.28. The van der Waals surface area contributed by atoms with Crippen LogP contribution in [-0.4, -0.2) is 43.5 Å². The van der Waals surface area contributed by atoms with Crippen molar-refractivity contribution in [1.82, 2.24) is 4.90 Å². The predicted octanol–water partition coefficient (Wildman–Crippen LogP) is 0.629. The van der Waals surface area contributed by atoms with Crippen LogP contribution in [0.5, 0.6) is 0 Å². The fourth-order valence-corrected chi connectivity index (χ4v) is 1.03. The Labute approximate surface area is 57.8 Å². The summed E-state index contributed by atoms with van der Waals surface area (Å²) in [7, 11) is 8.27. The molecule has 0 aromatic rings. The molecule has 0 amide bonds. The molecular weight excluding hydrogens is 112 g/mol. The van der Waals surface area contributed by atoms with E-state index in [2.05, 4.69) is 44.6 Å². The normalized spacial score (nSPS) is 9.00. The quantitative estimate of drug-likeness (QED) is 0.286. The zero-order valence-electron chi connectivity index (χ0n) is 7.10. The standard InChI is InChI=1S/C7H17N2/c1-6-7(8(2)3)9(4)5/h6H2,1-5H3/q+1. The summed E-state index contributed by atoms with van der Waals surface area (Å²) in [6.45, 7) is 2.16. The van der Waals surface area contributed by atoms with Crippen LogP contribution < -0.4 is 0 Å². The molecule has 0 saturated carbocycles. The molecule has 0 spiro atoms. The van der Waals surface area contributed by atoms with Crippen molar-refractivity contribution < 1.29 is 4.58 Å². The fraction of sp³-hybridized carbons (Fsp3) is 0.857. The van der Waals surface area contributed by atoms with E-state index in [1.807, 2.05) is 0 Å². The van der Waals surface area contributed by atoms with E-state index in [1.165, 1.54) is 5.84 Å². The van der Waals surface area contributed by atoms with E-state index in [-0.39, 0.29) is 0 Å². The van der Waals surface area contributed by atoms with Gasteiger partial charge in [-0.05, 0) is 0 Å². The lowest BCUT2D eigenvalue weighted by molar-refractivity contribution is -0.471. The van der Waals surface area contributed by atoms with Crippen LogP contribution in [0.15, 0.2) is 0 Å². The molecule has 0 fully saturated rings. The number of nitrogens with zero attached hydrogens (tertiary/aromatic N) is 2. The molecule has 0 aromatic heterocycles. The van der Waals surface area contributed by atoms with Crippen LogP contribution in [-0.2, 0) is 0 Å². The Morgan fingerprint density at radius 2 is 1.78 bits per heavy atom. The zero-order chi connectivity index (χ0) is 7.44. The molecule has 0 rings (SSSR count). The van der Waals surface area contributed by atoms with Crippen molar-refractivity contribution in [3.8, 4) is 0 Å². The minimum absolute atomic E-state index is 1.10. The molecule has 0 N–H and O–H groups in total. The van der Waals surface area contributed by atoms with E-state index in [1.54, 1.807) is 0 Å². The van der Waals surface area contributed by atoms with E-state index >= 15 is 0 Å². The zero-order valence-corrected chi connectivity index (χ0v) is 7.10. The van der Waals surface area contributed by atoms with Crippen LogP contribution in [0.4, 0.5) is 0 Å². The smallest absolute Gasteiger partial charge is 0.245 e. The van der Waals surface area contributed by atoms with E-state index in [0.29, 0.717) is 0 Å². The van der Waals surface area contributed by atoms with Gasteiger partial charge in [-0.2, -0.15) is 0 Å². The molecule has 0 saturated heterocycles. The molecule has 0 radical (unpaired) electrons. The van der Waals surface area contributed by atoms with Gasteiger partial charge in [0.05, 0.1) is 28.2 Å². The van der Waals surface area contributed by atoms with Gasteiger partial charge in [-0.1, -0.05) is 6.92 Å². The van der Waals surface area contributed by atoms with Gasteiger partial charge in [0.15, 0.2) is 0 Å². The Balaban J connectivity index is 4.16. The molecule has 0 aliphatic rings. The maximum absolute atomic E-state index is 2.16. The highest BCUT2D eigenvalue weighted by Gasteiger charge is 2.05. The molecule has 0 heterocycles. The highest BCUT2D eigenvalue weighted by atomic mass is 15.2. The highest BCUT2D eigenvalue weighted by Crippen LogP contribution is 1.86. The molecule has 2 nitrogen and oxygen atoms in total. The SMILES string of the molecule is CCC(N(C)C)=[N+](C)C. The third kappa shape index (κ3) is 2.49. The molecule has 0 aliphatic carbocycles. The van der Waals surface area contributed by atoms with Gasteiger partial charge in [0.25, 0.3) is 0 Å². The molecule has 0 atom stereocenters. The first-order valence-electron chi connectivity index (χ1n) is 3.30. The minimum Gasteiger partial charge on any atom is -0.271 e. The van der Waals surface area contributed by atoms with Crippen LogP contribution in [0.3, 0.4) is 0 Å². The number of rotatable bonds is 1. The van der Waals surface area contributed by atoms with Gasteiger partial charge >= 0.3 is 0 Å². The number of hydrogen-bond acceptors (Lipinski definition) is 0. The van der Waals surface area contributed by atoms with E-state index in [9.17, 15) is 0 Å². The Kier molecular flexibility index (Phi) is 3.28. The Bertz CT molecular complexity index is 110. The van der Waals surface area contributed by atoms with Crippen molar-refractivity contribution in [3.05, 3.63) is 0 Å². The summed E-state index contributed by atoms with van der Waals surface area (Å²) >= 11 is 0. The average molecular weight is 129 g/mol. The predicted molar refractivity (Wildman–Crippen MR) is 41.1 cm³/mol. The lowest BCUT2D eigenvalue weighted by Gasteiger charge is -2.08. The maximum atomic E-state index is 2.16. The van der Waals surface area contributed by atoms with E-state index < -0.39 is 0 Å². The molecule has 2 heteroatoms. The van der Waals surface area contributed by atoms with Crippen LogP contribution in [0.2, 0.25) is 0 Å². The summed E-state index contributed by atoms with van der Waals surface area (Å²) in [6, 6.07) is 0. The largest absolute Gasteiger partial charge is 0.271 e. The Morgan fingerprint density at radius 1 is 1.33 bits per heavy atom. The summed E-state index contributed by atoms with van der Waals surface area (Å²) in [5.41, 5.74) is 0. The summed E-state index contributed by atoms with van der Waals surface area (Å²) < 4.78 is 2.14. The van der Waals surface area contributed by atoms with Crippen LogP contribution in [0, 0.1) is 0 Å². The third-order valence-corrected chi connectivity index (χ3v) is 1.35. The molecule has 0 aromatic carbocycles. The maximum Gasteiger partial charge on any atom is 0.245 e. The first-order chi connectivity index (χ1) is 4.09. The van der Waals surface area contributed by atoms with Gasteiger partial charge in [-0.3, -0.25) is 9.48 Å². The van der Waals surface area contributed by atoms with Gasteiger partial charge in [0.2, 0.25) is 5.84 Å². The van der Waals surface area contributed by atoms with Crippen molar-refractivity contribution in [2.24, 2.45) is 0 Å². The summed E-state index contributed by atoms with van der Waals surface area (Å²) in [5.74, 6) is 1.36. The van der Waals surface area contributed by atoms with Crippen molar-refractivity contribution in [2.45, 2.75) is 13.3 Å². The summed E-state index contributed by atoms with van der Waals surface area (Å²) in [6.07, 6.45) is 1.10. The molecule has 54 valence electrons. The molecular formula is C7H17N2+. The summed E-state index contributed by atoms with van der Waals surface area (Å²) in [5, 5.41) is 0. The third-order valence-electron chi connectivity index (χ3n) is 1.35. The second kappa shape index (κ2) is 3.49. The molecule has 0 unspecified atom stereocenters. The van der Waals surface area contributed by atoms with Crippen molar-refractivity contribution in [1.29, 1.82) is 0 Å². The van der Waals surface area contributed by atoms with Crippen LogP contribution >= 0.6 is 0 Å². The average Bonchev–Trinajstić information content (AvgIpc) is 1.64. The summed E-state index contributed by atoms with van der Waals surface area (Å²) in [4.78, 5) is 2.14. The number of amidine groups is 1. The second-order valence-corrected chi connectivity index (χ2v) is 2.56. The minimum atomic E-state index is 1.10. The van der Waals surface area contributed by atoms with Crippen LogP contribution in [0.1, 0.15) is 13.3 Å². The topological polar surface area (TPSA) is 6.25 Å². The fourth-order valence-electron chi connectivity index (χ4n) is 1.03. The van der Waals surface area contributed by atoms with E-state index in [0.717, 1.165) is 6.42 Å². The monoisotopic (exact) mass is 129 g/mol.